The number of benzene rings is 1. The number of nitrogens with one attached hydrogen (secondary N) is 1. The van der Waals surface area contributed by atoms with Crippen molar-refractivity contribution in [3.05, 3.63) is 35.6 Å². The molecule has 0 saturated carbocycles. The van der Waals surface area contributed by atoms with Crippen LogP contribution in [0.1, 0.15) is 25.5 Å². The lowest BCUT2D eigenvalue weighted by Crippen LogP contribution is -2.47. The minimum absolute atomic E-state index is 0.0136. The molecule has 1 saturated heterocycles. The summed E-state index contributed by atoms with van der Waals surface area (Å²) >= 11 is 0. The molecule has 1 N–H and O–H groups in total. The monoisotopic (exact) mass is 241 g/mol. The first-order valence-corrected chi connectivity index (χ1v) is 6.85. The summed E-state index contributed by atoms with van der Waals surface area (Å²) in [6.07, 6.45) is 0. The Kier molecular flexibility index (Phi) is 3.40. The van der Waals surface area contributed by atoms with E-state index in [9.17, 15) is 8.60 Å². The summed E-state index contributed by atoms with van der Waals surface area (Å²) in [5, 5.41) is 3.41. The first-order chi connectivity index (χ1) is 7.58. The fourth-order valence-corrected chi connectivity index (χ4v) is 3.54. The zero-order chi connectivity index (χ0) is 11.7. The van der Waals surface area contributed by atoms with Gasteiger partial charge in [0, 0.05) is 28.6 Å². The summed E-state index contributed by atoms with van der Waals surface area (Å²) in [7, 11) is -0.837. The van der Waals surface area contributed by atoms with Crippen molar-refractivity contribution >= 4 is 10.8 Å². The molecule has 1 aliphatic rings. The number of halogens is 1. The quantitative estimate of drug-likeness (QED) is 0.814. The normalized spacial score (nSPS) is 34.9. The standard InChI is InChI=1S/C12H16FNOS/c1-8-7-16(15)9(2)12(14-8)10-4-3-5-11(13)6-10/h3-6,8-9,12,14H,7H2,1-2H3. The molecule has 0 amide bonds. The minimum Gasteiger partial charge on any atom is -0.305 e. The van der Waals surface area contributed by atoms with E-state index >= 15 is 0 Å². The molecule has 1 aliphatic heterocycles. The Labute approximate surface area is 97.7 Å². The van der Waals surface area contributed by atoms with Crippen LogP contribution in [0, 0.1) is 5.82 Å². The molecule has 1 fully saturated rings. The lowest BCUT2D eigenvalue weighted by Gasteiger charge is -2.34. The van der Waals surface area contributed by atoms with Crippen LogP contribution in [0.25, 0.3) is 0 Å². The maximum absolute atomic E-state index is 13.1. The molecule has 0 spiro atoms. The van der Waals surface area contributed by atoms with Gasteiger partial charge in [-0.05, 0) is 31.5 Å². The molecule has 0 bridgehead atoms. The maximum atomic E-state index is 13.1. The van der Waals surface area contributed by atoms with Crippen LogP contribution < -0.4 is 5.32 Å². The minimum atomic E-state index is -0.837. The first-order valence-electron chi connectivity index (χ1n) is 5.46. The zero-order valence-corrected chi connectivity index (χ0v) is 10.3. The van der Waals surface area contributed by atoms with Crippen molar-refractivity contribution in [3.63, 3.8) is 0 Å². The Morgan fingerprint density at radius 3 is 2.88 bits per heavy atom. The summed E-state index contributed by atoms with van der Waals surface area (Å²) in [6.45, 7) is 3.96. The summed E-state index contributed by atoms with van der Waals surface area (Å²) in [6, 6.07) is 6.72. The van der Waals surface area contributed by atoms with Gasteiger partial charge in [0.1, 0.15) is 5.82 Å². The smallest absolute Gasteiger partial charge is 0.123 e. The maximum Gasteiger partial charge on any atom is 0.123 e. The highest BCUT2D eigenvalue weighted by Crippen LogP contribution is 2.25. The predicted octanol–water partition coefficient (Wildman–Crippen LogP) is 2.00. The van der Waals surface area contributed by atoms with Gasteiger partial charge in [-0.25, -0.2) is 4.39 Å². The Bertz CT molecular complexity index is 410. The van der Waals surface area contributed by atoms with Crippen molar-refractivity contribution in [2.75, 3.05) is 5.75 Å². The Hall–Kier alpha value is -0.740. The van der Waals surface area contributed by atoms with E-state index in [1.807, 2.05) is 19.9 Å². The summed E-state index contributed by atoms with van der Waals surface area (Å²) in [5.41, 5.74) is 0.882. The Morgan fingerprint density at radius 1 is 1.44 bits per heavy atom. The van der Waals surface area contributed by atoms with Crippen molar-refractivity contribution in [3.8, 4) is 0 Å². The average Bonchev–Trinajstić information content (AvgIpc) is 2.23. The van der Waals surface area contributed by atoms with Gasteiger partial charge in [0.25, 0.3) is 0 Å². The second-order valence-electron chi connectivity index (χ2n) is 4.35. The Balaban J connectivity index is 2.28. The van der Waals surface area contributed by atoms with Gasteiger partial charge in [0.15, 0.2) is 0 Å². The van der Waals surface area contributed by atoms with Crippen molar-refractivity contribution < 1.29 is 8.60 Å². The SMILES string of the molecule is CC1CS(=O)C(C)C(c2cccc(F)c2)N1. The highest BCUT2D eigenvalue weighted by molar-refractivity contribution is 7.85. The molecule has 1 heterocycles. The van der Waals surface area contributed by atoms with E-state index < -0.39 is 10.8 Å². The number of hydrogen-bond donors (Lipinski definition) is 1. The third kappa shape index (κ3) is 2.33. The van der Waals surface area contributed by atoms with Crippen LogP contribution in [-0.4, -0.2) is 21.3 Å². The van der Waals surface area contributed by atoms with Crippen LogP contribution in [0.3, 0.4) is 0 Å². The van der Waals surface area contributed by atoms with E-state index in [0.29, 0.717) is 5.75 Å². The largest absolute Gasteiger partial charge is 0.305 e. The lowest BCUT2D eigenvalue weighted by atomic mass is 10.0. The highest BCUT2D eigenvalue weighted by Gasteiger charge is 2.31. The molecule has 4 atom stereocenters. The van der Waals surface area contributed by atoms with Crippen molar-refractivity contribution in [1.29, 1.82) is 0 Å². The molecular formula is C12H16FNOS. The van der Waals surface area contributed by atoms with Gasteiger partial charge in [-0.15, -0.1) is 0 Å². The van der Waals surface area contributed by atoms with E-state index in [-0.39, 0.29) is 23.2 Å². The van der Waals surface area contributed by atoms with Crippen LogP contribution in [0.15, 0.2) is 24.3 Å². The number of rotatable bonds is 1. The summed E-state index contributed by atoms with van der Waals surface area (Å²) in [4.78, 5) is 0. The van der Waals surface area contributed by atoms with E-state index in [4.69, 9.17) is 0 Å². The summed E-state index contributed by atoms with van der Waals surface area (Å²) in [5.74, 6) is 0.433. The lowest BCUT2D eigenvalue weighted by molar-refractivity contribution is 0.445. The molecule has 16 heavy (non-hydrogen) atoms. The van der Waals surface area contributed by atoms with E-state index in [0.717, 1.165) is 5.56 Å². The van der Waals surface area contributed by atoms with Gasteiger partial charge in [0.2, 0.25) is 0 Å². The number of hydrogen-bond acceptors (Lipinski definition) is 2. The van der Waals surface area contributed by atoms with Crippen LogP contribution >= 0.6 is 0 Å². The topological polar surface area (TPSA) is 29.1 Å². The van der Waals surface area contributed by atoms with Gasteiger partial charge >= 0.3 is 0 Å². The van der Waals surface area contributed by atoms with Gasteiger partial charge in [-0.3, -0.25) is 4.21 Å². The molecule has 0 radical (unpaired) electrons. The zero-order valence-electron chi connectivity index (χ0n) is 9.44. The predicted molar refractivity (Wildman–Crippen MR) is 64.2 cm³/mol. The van der Waals surface area contributed by atoms with Gasteiger partial charge in [-0.2, -0.15) is 0 Å². The molecule has 2 nitrogen and oxygen atoms in total. The third-order valence-electron chi connectivity index (χ3n) is 2.97. The summed E-state index contributed by atoms with van der Waals surface area (Å²) < 4.78 is 25.0. The van der Waals surface area contributed by atoms with Crippen LogP contribution in [0.2, 0.25) is 0 Å². The Morgan fingerprint density at radius 2 is 2.19 bits per heavy atom. The fraction of sp³-hybridized carbons (Fsp3) is 0.500. The molecule has 88 valence electrons. The molecule has 4 heteroatoms. The molecule has 2 rings (SSSR count). The molecule has 1 aromatic rings. The molecule has 0 aromatic heterocycles. The van der Waals surface area contributed by atoms with Crippen LogP contribution in [0.5, 0.6) is 0 Å². The molecular weight excluding hydrogens is 225 g/mol. The second-order valence-corrected chi connectivity index (χ2v) is 6.19. The van der Waals surface area contributed by atoms with Crippen molar-refractivity contribution in [2.45, 2.75) is 31.2 Å². The van der Waals surface area contributed by atoms with Gasteiger partial charge in [-0.1, -0.05) is 12.1 Å². The van der Waals surface area contributed by atoms with E-state index in [2.05, 4.69) is 5.32 Å². The van der Waals surface area contributed by atoms with Gasteiger partial charge < -0.3 is 5.32 Å². The van der Waals surface area contributed by atoms with Crippen molar-refractivity contribution in [1.82, 2.24) is 5.32 Å². The van der Waals surface area contributed by atoms with E-state index in [1.54, 1.807) is 6.07 Å². The molecule has 0 aliphatic carbocycles. The van der Waals surface area contributed by atoms with Crippen LogP contribution in [-0.2, 0) is 10.8 Å². The first kappa shape index (κ1) is 11.7. The van der Waals surface area contributed by atoms with Crippen molar-refractivity contribution in [2.24, 2.45) is 0 Å². The molecule has 1 aromatic carbocycles. The average molecular weight is 241 g/mol. The van der Waals surface area contributed by atoms with Crippen LogP contribution in [0.4, 0.5) is 4.39 Å². The third-order valence-corrected chi connectivity index (χ3v) is 4.90. The highest BCUT2D eigenvalue weighted by atomic mass is 32.2. The second kappa shape index (κ2) is 4.63. The van der Waals surface area contributed by atoms with E-state index in [1.165, 1.54) is 12.1 Å². The fourth-order valence-electron chi connectivity index (χ4n) is 2.11. The molecule has 4 unspecified atom stereocenters. The van der Waals surface area contributed by atoms with Gasteiger partial charge in [0.05, 0.1) is 5.25 Å².